The van der Waals surface area contributed by atoms with Crippen molar-refractivity contribution in [2.75, 3.05) is 0 Å². The average molecular weight is 285 g/mol. The van der Waals surface area contributed by atoms with Crippen LogP contribution in [0.25, 0.3) is 16.7 Å². The predicted octanol–water partition coefficient (Wildman–Crippen LogP) is 4.57. The van der Waals surface area contributed by atoms with Gasteiger partial charge in [-0.25, -0.2) is 0 Å². The Morgan fingerprint density at radius 2 is 1.29 bits per heavy atom. The summed E-state index contributed by atoms with van der Waals surface area (Å²) in [6, 6.07) is 14.6. The van der Waals surface area contributed by atoms with Gasteiger partial charge in [0.15, 0.2) is 0 Å². The van der Waals surface area contributed by atoms with E-state index in [-0.39, 0.29) is 5.75 Å². The van der Waals surface area contributed by atoms with Crippen molar-refractivity contribution in [3.63, 3.8) is 0 Å². The van der Waals surface area contributed by atoms with Crippen LogP contribution >= 0.6 is 0 Å². The molecule has 0 unspecified atom stereocenters. The van der Waals surface area contributed by atoms with Gasteiger partial charge in [-0.1, -0.05) is 58.4 Å². The van der Waals surface area contributed by atoms with E-state index in [1.54, 1.807) is 18.2 Å². The summed E-state index contributed by atoms with van der Waals surface area (Å²) in [4.78, 5) is 1.44. The predicted molar refractivity (Wildman–Crippen MR) is 87.8 cm³/mol. The minimum absolute atomic E-state index is 0.169. The van der Waals surface area contributed by atoms with E-state index in [9.17, 15) is 5.11 Å². The molecule has 0 fully saturated rings. The summed E-state index contributed by atoms with van der Waals surface area (Å²) >= 11 is 0. The van der Waals surface area contributed by atoms with E-state index >= 15 is 0 Å². The topological polar surface area (TPSA) is 50.9 Å². The van der Waals surface area contributed by atoms with Crippen molar-refractivity contribution >= 4 is 11.0 Å². The Hall–Kier alpha value is -2.36. The molecule has 21 heavy (non-hydrogen) atoms. The van der Waals surface area contributed by atoms with Gasteiger partial charge >= 0.3 is 0 Å². The Kier molecular flexibility index (Phi) is 6.95. The zero-order valence-electron chi connectivity index (χ0n) is 13.1. The third kappa shape index (κ3) is 4.31. The first-order chi connectivity index (χ1) is 10.3. The highest BCUT2D eigenvalue weighted by atomic mass is 16.3. The van der Waals surface area contributed by atoms with E-state index in [0.717, 1.165) is 11.0 Å². The number of benzene rings is 2. The van der Waals surface area contributed by atoms with Crippen LogP contribution in [0.5, 0.6) is 5.75 Å². The molecule has 112 valence electrons. The molecular formula is C17H23N3O. The fraction of sp³-hybridized carbons (Fsp3) is 0.294. The van der Waals surface area contributed by atoms with Crippen molar-refractivity contribution in [2.45, 2.75) is 34.1 Å². The minimum Gasteiger partial charge on any atom is -0.506 e. The summed E-state index contributed by atoms with van der Waals surface area (Å²) < 4.78 is 0. The number of rotatable bonds is 1. The Morgan fingerprint density at radius 1 is 0.857 bits per heavy atom. The highest BCUT2D eigenvalue weighted by Crippen LogP contribution is 2.20. The normalized spacial score (nSPS) is 9.33. The van der Waals surface area contributed by atoms with Crippen LogP contribution in [-0.4, -0.2) is 20.1 Å². The van der Waals surface area contributed by atoms with Crippen LogP contribution in [0, 0.1) is 0 Å². The van der Waals surface area contributed by atoms with E-state index < -0.39 is 0 Å². The van der Waals surface area contributed by atoms with Gasteiger partial charge in [-0.15, -0.1) is 15.0 Å². The maximum Gasteiger partial charge on any atom is 0.143 e. The van der Waals surface area contributed by atoms with Gasteiger partial charge in [0.25, 0.3) is 0 Å². The lowest BCUT2D eigenvalue weighted by Crippen LogP contribution is -1.98. The molecule has 4 heteroatoms. The summed E-state index contributed by atoms with van der Waals surface area (Å²) in [5.74, 6) is 0.169. The molecule has 2 aromatic carbocycles. The number of phenols is 1. The van der Waals surface area contributed by atoms with Crippen molar-refractivity contribution in [1.82, 2.24) is 15.0 Å². The number of aromatic nitrogens is 3. The van der Waals surface area contributed by atoms with Crippen molar-refractivity contribution in [3.05, 3.63) is 48.5 Å². The molecule has 0 bridgehead atoms. The number of fused-ring (bicyclic) bond motifs is 1. The molecule has 3 rings (SSSR count). The van der Waals surface area contributed by atoms with E-state index in [1.807, 2.05) is 44.2 Å². The first-order valence-electron chi connectivity index (χ1n) is 7.36. The Morgan fingerprint density at radius 3 is 1.76 bits per heavy atom. The van der Waals surface area contributed by atoms with Crippen LogP contribution in [0.15, 0.2) is 48.5 Å². The van der Waals surface area contributed by atoms with Gasteiger partial charge in [-0.2, -0.15) is 0 Å². The number of hydrogen-bond donors (Lipinski definition) is 1. The Balaban J connectivity index is 0.000000395. The molecule has 0 amide bonds. The molecule has 1 N–H and O–H groups in total. The zero-order chi connectivity index (χ0) is 15.7. The molecule has 0 aliphatic heterocycles. The third-order valence-corrected chi connectivity index (χ3v) is 2.38. The second-order valence-corrected chi connectivity index (χ2v) is 4.17. The van der Waals surface area contributed by atoms with Crippen LogP contribution in [0.3, 0.4) is 0 Å². The van der Waals surface area contributed by atoms with E-state index in [0.29, 0.717) is 5.69 Å². The van der Waals surface area contributed by atoms with Gasteiger partial charge in [0.2, 0.25) is 0 Å². The highest BCUT2D eigenvalue weighted by Gasteiger charge is 2.06. The first-order valence-corrected chi connectivity index (χ1v) is 7.36. The molecule has 0 saturated carbocycles. The van der Waals surface area contributed by atoms with Gasteiger partial charge in [0.1, 0.15) is 22.5 Å². The number of para-hydroxylation sites is 2. The molecule has 0 spiro atoms. The maximum atomic E-state index is 9.69. The molecule has 0 atom stereocenters. The van der Waals surface area contributed by atoms with Gasteiger partial charge in [0.05, 0.1) is 0 Å². The van der Waals surface area contributed by atoms with Gasteiger partial charge < -0.3 is 5.11 Å². The summed E-state index contributed by atoms with van der Waals surface area (Å²) in [7, 11) is 0. The molecule has 0 aliphatic rings. The largest absolute Gasteiger partial charge is 0.506 e. The van der Waals surface area contributed by atoms with Crippen LogP contribution in [0.2, 0.25) is 0 Å². The second-order valence-electron chi connectivity index (χ2n) is 4.17. The SMILES string of the molecule is CC.CCC.Oc1ccccc1-n1nc2ccccc2n1. The highest BCUT2D eigenvalue weighted by molar-refractivity contribution is 5.73. The molecule has 0 radical (unpaired) electrons. The van der Waals surface area contributed by atoms with Crippen LogP contribution < -0.4 is 0 Å². The monoisotopic (exact) mass is 285 g/mol. The summed E-state index contributed by atoms with van der Waals surface area (Å²) in [6.07, 6.45) is 1.25. The number of phenolic OH excluding ortho intramolecular Hbond substituents is 1. The number of aromatic hydroxyl groups is 1. The maximum absolute atomic E-state index is 9.69. The number of hydrogen-bond acceptors (Lipinski definition) is 3. The van der Waals surface area contributed by atoms with Crippen LogP contribution in [0.4, 0.5) is 0 Å². The Bertz CT molecular complexity index is 629. The average Bonchev–Trinajstić information content (AvgIpc) is 2.94. The Labute approximate surface area is 126 Å². The molecule has 1 heterocycles. The van der Waals surface area contributed by atoms with Gasteiger partial charge in [0, 0.05) is 0 Å². The molecule has 4 nitrogen and oxygen atoms in total. The lowest BCUT2D eigenvalue weighted by molar-refractivity contribution is 0.468. The van der Waals surface area contributed by atoms with Crippen LogP contribution in [-0.2, 0) is 0 Å². The molecular weight excluding hydrogens is 262 g/mol. The quantitative estimate of drug-likeness (QED) is 0.712. The first kappa shape index (κ1) is 16.7. The minimum atomic E-state index is 0.169. The second kappa shape index (κ2) is 8.74. The van der Waals surface area contributed by atoms with E-state index in [1.165, 1.54) is 11.2 Å². The molecule has 1 aromatic heterocycles. The van der Waals surface area contributed by atoms with Gasteiger partial charge in [-0.05, 0) is 24.3 Å². The van der Waals surface area contributed by atoms with Gasteiger partial charge in [-0.3, -0.25) is 0 Å². The lowest BCUT2D eigenvalue weighted by Gasteiger charge is -2.00. The van der Waals surface area contributed by atoms with Crippen molar-refractivity contribution in [1.29, 1.82) is 0 Å². The van der Waals surface area contributed by atoms with Crippen molar-refractivity contribution < 1.29 is 5.11 Å². The van der Waals surface area contributed by atoms with E-state index in [4.69, 9.17) is 0 Å². The zero-order valence-corrected chi connectivity index (χ0v) is 13.1. The fourth-order valence-corrected chi connectivity index (χ4v) is 1.60. The van der Waals surface area contributed by atoms with E-state index in [2.05, 4.69) is 24.0 Å². The smallest absolute Gasteiger partial charge is 0.143 e. The standard InChI is InChI=1S/C12H9N3O.C3H8.C2H6/c16-12-8-4-3-7-11(12)15-13-9-5-1-2-6-10(9)14-15;1-3-2;1-2/h1-8,16H;3H2,1-2H3;1-2H3. The third-order valence-electron chi connectivity index (χ3n) is 2.38. The summed E-state index contributed by atoms with van der Waals surface area (Å²) in [5.41, 5.74) is 2.20. The molecule has 3 aromatic rings. The summed E-state index contributed by atoms with van der Waals surface area (Å²) in [5, 5.41) is 18.3. The molecule has 0 aliphatic carbocycles. The molecule has 0 saturated heterocycles. The van der Waals surface area contributed by atoms with Crippen molar-refractivity contribution in [3.8, 4) is 11.4 Å². The van der Waals surface area contributed by atoms with Crippen LogP contribution in [0.1, 0.15) is 34.1 Å². The van der Waals surface area contributed by atoms with Crippen molar-refractivity contribution in [2.24, 2.45) is 0 Å². The number of nitrogens with zero attached hydrogens (tertiary/aromatic N) is 3. The summed E-state index contributed by atoms with van der Waals surface area (Å²) in [6.45, 7) is 8.25. The lowest BCUT2D eigenvalue weighted by atomic mass is 10.3. The fourth-order valence-electron chi connectivity index (χ4n) is 1.60.